The summed E-state index contributed by atoms with van der Waals surface area (Å²) >= 11 is 9.33. The van der Waals surface area contributed by atoms with Crippen LogP contribution in [-0.4, -0.2) is 23.3 Å². The van der Waals surface area contributed by atoms with Gasteiger partial charge in [0, 0.05) is 20.6 Å². The molecule has 1 N–H and O–H groups in total. The number of anilines is 1. The highest BCUT2D eigenvalue weighted by Crippen LogP contribution is 2.31. The van der Waals surface area contributed by atoms with Crippen molar-refractivity contribution in [3.63, 3.8) is 0 Å². The van der Waals surface area contributed by atoms with Crippen LogP contribution in [0.25, 0.3) is 0 Å². The fraction of sp³-hybridized carbons (Fsp3) is 0.222. The number of nitrogens with one attached hydrogen (secondary N) is 1. The molecule has 0 atom stereocenters. The fourth-order valence-corrected chi connectivity index (χ4v) is 3.03. The predicted octanol–water partition coefficient (Wildman–Crippen LogP) is 5.38. The number of benzene rings is 2. The van der Waals surface area contributed by atoms with Crippen molar-refractivity contribution < 1.29 is 4.79 Å². The first-order valence-electron chi connectivity index (χ1n) is 7.54. The number of nitrogens with zero attached hydrogens (tertiary/aromatic N) is 2. The number of carbonyl (C=O) groups excluding carboxylic acids is 1. The molecule has 0 spiro atoms. The first kappa shape index (κ1) is 17.0. The molecule has 0 radical (unpaired) electrons. The van der Waals surface area contributed by atoms with Crippen molar-refractivity contribution >= 4 is 45.0 Å². The van der Waals surface area contributed by atoms with Gasteiger partial charge in [0.2, 0.25) is 0 Å². The second-order valence-electron chi connectivity index (χ2n) is 6.33. The van der Waals surface area contributed by atoms with Gasteiger partial charge in [0.05, 0.1) is 12.3 Å². The molecular weight excluding hydrogens is 390 g/mol. The van der Waals surface area contributed by atoms with Gasteiger partial charge >= 0.3 is 6.03 Å². The van der Waals surface area contributed by atoms with Crippen LogP contribution < -0.4 is 5.32 Å². The smallest absolute Gasteiger partial charge is 0.306 e. The molecule has 6 heteroatoms. The molecule has 0 aliphatic carbocycles. The lowest BCUT2D eigenvalue weighted by Crippen LogP contribution is -2.33. The van der Waals surface area contributed by atoms with E-state index in [1.165, 1.54) is 5.01 Å². The number of hydrogen-bond donors (Lipinski definition) is 1. The van der Waals surface area contributed by atoms with Crippen molar-refractivity contribution in [1.82, 2.24) is 5.01 Å². The third-order valence-corrected chi connectivity index (χ3v) is 4.64. The Morgan fingerprint density at radius 1 is 1.17 bits per heavy atom. The average Bonchev–Trinajstić information content (AvgIpc) is 2.86. The first-order chi connectivity index (χ1) is 11.3. The number of hydrazone groups is 1. The van der Waals surface area contributed by atoms with Crippen LogP contribution in [-0.2, 0) is 0 Å². The number of hydrogen-bond acceptors (Lipinski definition) is 2. The molecule has 4 nitrogen and oxygen atoms in total. The van der Waals surface area contributed by atoms with Gasteiger partial charge in [0.15, 0.2) is 0 Å². The van der Waals surface area contributed by atoms with Gasteiger partial charge in [-0.15, -0.1) is 0 Å². The van der Waals surface area contributed by atoms with E-state index in [1.807, 2.05) is 48.5 Å². The number of halogens is 2. The summed E-state index contributed by atoms with van der Waals surface area (Å²) < 4.78 is 0.964. The molecule has 0 unspecified atom stereocenters. The second kappa shape index (κ2) is 6.57. The standard InChI is InChI=1S/C18H17BrClN3O/c1-18(2)11-23(17(24)21-15-9-5-13(19)6-10-15)22-16(18)12-3-7-14(20)8-4-12/h3-10H,11H2,1-2H3,(H,21,24). The summed E-state index contributed by atoms with van der Waals surface area (Å²) in [6.07, 6.45) is 0. The summed E-state index contributed by atoms with van der Waals surface area (Å²) in [6.45, 7) is 4.67. The molecule has 1 aliphatic rings. The lowest BCUT2D eigenvalue weighted by Gasteiger charge is -2.21. The number of urea groups is 1. The molecule has 124 valence electrons. The third-order valence-electron chi connectivity index (χ3n) is 3.85. The first-order valence-corrected chi connectivity index (χ1v) is 8.71. The Morgan fingerprint density at radius 3 is 2.42 bits per heavy atom. The zero-order chi connectivity index (χ0) is 17.3. The van der Waals surface area contributed by atoms with Crippen molar-refractivity contribution in [3.8, 4) is 0 Å². The lowest BCUT2D eigenvalue weighted by atomic mass is 9.84. The topological polar surface area (TPSA) is 44.7 Å². The van der Waals surface area contributed by atoms with E-state index in [9.17, 15) is 4.79 Å². The van der Waals surface area contributed by atoms with Gasteiger partial charge in [-0.05, 0) is 42.0 Å². The van der Waals surface area contributed by atoms with Gasteiger partial charge in [-0.3, -0.25) is 0 Å². The van der Waals surface area contributed by atoms with Crippen LogP contribution in [0.2, 0.25) is 5.02 Å². The quantitative estimate of drug-likeness (QED) is 0.715. The Labute approximate surface area is 154 Å². The van der Waals surface area contributed by atoms with E-state index in [1.54, 1.807) is 0 Å². The van der Waals surface area contributed by atoms with Gasteiger partial charge < -0.3 is 5.32 Å². The molecule has 2 amide bonds. The van der Waals surface area contributed by atoms with E-state index in [-0.39, 0.29) is 11.4 Å². The maximum absolute atomic E-state index is 12.5. The van der Waals surface area contributed by atoms with Gasteiger partial charge in [-0.1, -0.05) is 53.5 Å². The molecule has 1 heterocycles. The highest BCUT2D eigenvalue weighted by molar-refractivity contribution is 9.10. The molecule has 3 rings (SSSR count). The Balaban J connectivity index is 1.80. The molecular formula is C18H17BrClN3O. The van der Waals surface area contributed by atoms with Crippen LogP contribution >= 0.6 is 27.5 Å². The summed E-state index contributed by atoms with van der Waals surface area (Å²) in [7, 11) is 0. The highest BCUT2D eigenvalue weighted by Gasteiger charge is 2.37. The van der Waals surface area contributed by atoms with Gasteiger partial charge in [-0.25, -0.2) is 9.80 Å². The molecule has 0 saturated carbocycles. The Kier molecular flexibility index (Phi) is 4.65. The molecule has 2 aromatic carbocycles. The minimum atomic E-state index is -0.241. The summed E-state index contributed by atoms with van der Waals surface area (Å²) in [5.74, 6) is 0. The number of rotatable bonds is 2. The van der Waals surface area contributed by atoms with Gasteiger partial charge in [-0.2, -0.15) is 5.10 Å². The van der Waals surface area contributed by atoms with Crippen LogP contribution in [0.1, 0.15) is 19.4 Å². The molecule has 0 aromatic heterocycles. The molecule has 0 saturated heterocycles. The Morgan fingerprint density at radius 2 is 1.79 bits per heavy atom. The lowest BCUT2D eigenvalue weighted by molar-refractivity contribution is 0.210. The van der Waals surface area contributed by atoms with Crippen LogP contribution in [0, 0.1) is 5.41 Å². The molecule has 24 heavy (non-hydrogen) atoms. The van der Waals surface area contributed by atoms with E-state index < -0.39 is 0 Å². The van der Waals surface area contributed by atoms with Crippen molar-refractivity contribution in [3.05, 3.63) is 63.6 Å². The summed E-state index contributed by atoms with van der Waals surface area (Å²) in [6, 6.07) is 14.7. The zero-order valence-corrected chi connectivity index (χ0v) is 15.7. The average molecular weight is 407 g/mol. The summed E-state index contributed by atoms with van der Waals surface area (Å²) in [5.41, 5.74) is 2.36. The van der Waals surface area contributed by atoms with Gasteiger partial charge in [0.1, 0.15) is 0 Å². The molecule has 0 fully saturated rings. The Bertz CT molecular complexity index is 785. The SMILES string of the molecule is CC1(C)CN(C(=O)Nc2ccc(Br)cc2)N=C1c1ccc(Cl)cc1. The highest BCUT2D eigenvalue weighted by atomic mass is 79.9. The van der Waals surface area contributed by atoms with E-state index >= 15 is 0 Å². The molecule has 2 aromatic rings. The Hall–Kier alpha value is -1.85. The van der Waals surface area contributed by atoms with Gasteiger partial charge in [0.25, 0.3) is 0 Å². The number of amides is 2. The van der Waals surface area contributed by atoms with E-state index in [2.05, 4.69) is 40.2 Å². The van der Waals surface area contributed by atoms with Crippen LogP contribution in [0.3, 0.4) is 0 Å². The maximum atomic E-state index is 12.5. The van der Waals surface area contributed by atoms with Crippen LogP contribution in [0.4, 0.5) is 10.5 Å². The number of carbonyl (C=O) groups is 1. The zero-order valence-electron chi connectivity index (χ0n) is 13.4. The molecule has 0 bridgehead atoms. The van der Waals surface area contributed by atoms with Crippen molar-refractivity contribution in [2.24, 2.45) is 10.5 Å². The van der Waals surface area contributed by atoms with E-state index in [0.29, 0.717) is 11.6 Å². The minimum absolute atomic E-state index is 0.231. The van der Waals surface area contributed by atoms with Crippen molar-refractivity contribution in [2.45, 2.75) is 13.8 Å². The van der Waals surface area contributed by atoms with Crippen LogP contribution in [0.15, 0.2) is 58.1 Å². The second-order valence-corrected chi connectivity index (χ2v) is 7.69. The fourth-order valence-electron chi connectivity index (χ4n) is 2.64. The normalized spacial score (nSPS) is 16.0. The minimum Gasteiger partial charge on any atom is -0.306 e. The van der Waals surface area contributed by atoms with E-state index in [0.717, 1.165) is 21.4 Å². The monoisotopic (exact) mass is 405 g/mol. The summed E-state index contributed by atoms with van der Waals surface area (Å²) in [5, 5.41) is 9.57. The maximum Gasteiger partial charge on any atom is 0.342 e. The summed E-state index contributed by atoms with van der Waals surface area (Å²) in [4.78, 5) is 12.5. The molecule has 1 aliphatic heterocycles. The largest absolute Gasteiger partial charge is 0.342 e. The van der Waals surface area contributed by atoms with Crippen molar-refractivity contribution in [1.29, 1.82) is 0 Å². The predicted molar refractivity (Wildman–Crippen MR) is 102 cm³/mol. The van der Waals surface area contributed by atoms with E-state index in [4.69, 9.17) is 11.6 Å². The third kappa shape index (κ3) is 3.62. The van der Waals surface area contributed by atoms with Crippen LogP contribution in [0.5, 0.6) is 0 Å². The van der Waals surface area contributed by atoms with Crippen molar-refractivity contribution in [2.75, 3.05) is 11.9 Å².